The second-order valence-corrected chi connectivity index (χ2v) is 7.58. The number of halogens is 1. The highest BCUT2D eigenvalue weighted by atomic mass is 19.1. The first-order valence-corrected chi connectivity index (χ1v) is 9.00. The normalized spacial score (nSPS) is 11.6. The van der Waals surface area contributed by atoms with Gasteiger partial charge in [0.2, 0.25) is 11.8 Å². The van der Waals surface area contributed by atoms with Crippen LogP contribution in [0.15, 0.2) is 28.8 Å². The highest BCUT2D eigenvalue weighted by Gasteiger charge is 2.21. The fourth-order valence-corrected chi connectivity index (χ4v) is 2.49. The molecule has 2 heterocycles. The van der Waals surface area contributed by atoms with Gasteiger partial charge in [-0.15, -0.1) is 5.10 Å². The van der Waals surface area contributed by atoms with E-state index >= 15 is 0 Å². The molecule has 0 radical (unpaired) electrons. The van der Waals surface area contributed by atoms with Crippen LogP contribution in [0.1, 0.15) is 50.2 Å². The Morgan fingerprint density at radius 1 is 1.29 bits per heavy atom. The third-order valence-electron chi connectivity index (χ3n) is 4.22. The van der Waals surface area contributed by atoms with E-state index in [9.17, 15) is 9.18 Å². The van der Waals surface area contributed by atoms with Gasteiger partial charge in [-0.2, -0.15) is 4.98 Å². The van der Waals surface area contributed by atoms with Crippen LogP contribution in [0.25, 0.3) is 0 Å². The topological polar surface area (TPSA) is 98.7 Å². The first kappa shape index (κ1) is 19.7. The van der Waals surface area contributed by atoms with Crippen LogP contribution in [0.3, 0.4) is 0 Å². The molecule has 8 nitrogen and oxygen atoms in total. The summed E-state index contributed by atoms with van der Waals surface area (Å²) in [5.41, 5.74) is 0.932. The first-order chi connectivity index (χ1) is 13.2. The number of amides is 1. The van der Waals surface area contributed by atoms with Crippen LogP contribution in [-0.4, -0.2) is 31.0 Å². The van der Waals surface area contributed by atoms with E-state index in [1.54, 1.807) is 29.8 Å². The second kappa shape index (κ2) is 7.87. The number of nitrogens with zero attached hydrogens (tertiary/aromatic N) is 5. The van der Waals surface area contributed by atoms with Crippen LogP contribution in [0.2, 0.25) is 0 Å². The zero-order valence-electron chi connectivity index (χ0n) is 16.4. The number of anilines is 1. The lowest BCUT2D eigenvalue weighted by Crippen LogP contribution is -2.15. The number of carbonyl (C=O) groups is 1. The Morgan fingerprint density at radius 3 is 2.71 bits per heavy atom. The number of benzene rings is 1. The average molecular weight is 386 g/mol. The van der Waals surface area contributed by atoms with Crippen molar-refractivity contribution >= 4 is 11.7 Å². The summed E-state index contributed by atoms with van der Waals surface area (Å²) in [5.74, 6) is 0.825. The van der Waals surface area contributed by atoms with E-state index in [-0.39, 0.29) is 30.1 Å². The van der Waals surface area contributed by atoms with Gasteiger partial charge in [0.05, 0.1) is 12.2 Å². The zero-order valence-corrected chi connectivity index (χ0v) is 16.4. The minimum Gasteiger partial charge on any atom is -0.339 e. The minimum atomic E-state index is -0.308. The Morgan fingerprint density at radius 2 is 2.04 bits per heavy atom. The number of hydrogen-bond acceptors (Lipinski definition) is 6. The van der Waals surface area contributed by atoms with Crippen LogP contribution < -0.4 is 5.32 Å². The van der Waals surface area contributed by atoms with Crippen molar-refractivity contribution in [3.05, 3.63) is 53.1 Å². The van der Waals surface area contributed by atoms with E-state index in [2.05, 4.69) is 25.8 Å². The molecule has 0 bridgehead atoms. The smallest absolute Gasteiger partial charge is 0.227 e. The summed E-state index contributed by atoms with van der Waals surface area (Å²) in [5, 5.41) is 14.6. The zero-order chi connectivity index (χ0) is 20.3. The molecular formula is C19H23FN6O2. The third-order valence-corrected chi connectivity index (χ3v) is 4.22. The summed E-state index contributed by atoms with van der Waals surface area (Å²) in [7, 11) is 0. The Hall–Kier alpha value is -3.10. The summed E-state index contributed by atoms with van der Waals surface area (Å²) in [6, 6.07) is 6.47. The van der Waals surface area contributed by atoms with Crippen LogP contribution >= 0.6 is 0 Å². The Balaban J connectivity index is 1.58. The Bertz CT molecular complexity index is 973. The van der Waals surface area contributed by atoms with Crippen molar-refractivity contribution in [2.45, 2.75) is 52.5 Å². The Kier molecular flexibility index (Phi) is 5.53. The molecule has 0 fully saturated rings. The van der Waals surface area contributed by atoms with Crippen molar-refractivity contribution in [2.24, 2.45) is 0 Å². The van der Waals surface area contributed by atoms with E-state index in [1.165, 1.54) is 6.07 Å². The number of aromatic nitrogens is 5. The standard InChI is InChI=1S/C19H23FN6O2/c1-12-17(23-25-26(12)11-13-7-5-6-8-14(13)20)21-15(27)9-10-16-22-18(24-28-16)19(2,3)4/h5-8H,9-11H2,1-4H3,(H,21,27). The molecule has 0 saturated heterocycles. The highest BCUT2D eigenvalue weighted by Crippen LogP contribution is 2.19. The fraction of sp³-hybridized carbons (Fsp3) is 0.421. The summed E-state index contributed by atoms with van der Waals surface area (Å²) in [6.07, 6.45) is 0.503. The van der Waals surface area contributed by atoms with Gasteiger partial charge in [0, 0.05) is 23.8 Å². The summed E-state index contributed by atoms with van der Waals surface area (Å²) in [6.45, 7) is 7.97. The third kappa shape index (κ3) is 4.59. The lowest BCUT2D eigenvalue weighted by Gasteiger charge is -2.10. The van der Waals surface area contributed by atoms with Crippen LogP contribution in [0.5, 0.6) is 0 Å². The maximum Gasteiger partial charge on any atom is 0.227 e. The lowest BCUT2D eigenvalue weighted by molar-refractivity contribution is -0.116. The van der Waals surface area contributed by atoms with Gasteiger partial charge in [0.1, 0.15) is 5.82 Å². The molecule has 0 aliphatic carbocycles. The predicted molar refractivity (Wildman–Crippen MR) is 100 cm³/mol. The molecule has 0 spiro atoms. The van der Waals surface area contributed by atoms with Crippen molar-refractivity contribution in [1.29, 1.82) is 0 Å². The maximum absolute atomic E-state index is 13.8. The van der Waals surface area contributed by atoms with Crippen molar-refractivity contribution in [3.8, 4) is 0 Å². The molecule has 28 heavy (non-hydrogen) atoms. The van der Waals surface area contributed by atoms with E-state index < -0.39 is 0 Å². The molecule has 0 atom stereocenters. The highest BCUT2D eigenvalue weighted by molar-refractivity contribution is 5.90. The molecule has 148 valence electrons. The van der Waals surface area contributed by atoms with Gasteiger partial charge in [0.25, 0.3) is 0 Å². The van der Waals surface area contributed by atoms with E-state index in [0.29, 0.717) is 35.2 Å². The van der Waals surface area contributed by atoms with Gasteiger partial charge < -0.3 is 9.84 Å². The van der Waals surface area contributed by atoms with Crippen LogP contribution in [0.4, 0.5) is 10.2 Å². The summed E-state index contributed by atoms with van der Waals surface area (Å²) >= 11 is 0. The molecule has 0 aliphatic rings. The van der Waals surface area contributed by atoms with E-state index in [4.69, 9.17) is 4.52 Å². The van der Waals surface area contributed by atoms with Gasteiger partial charge in [0.15, 0.2) is 11.6 Å². The molecule has 1 aromatic carbocycles. The van der Waals surface area contributed by atoms with Crippen LogP contribution in [0, 0.1) is 12.7 Å². The van der Waals surface area contributed by atoms with Gasteiger partial charge in [-0.3, -0.25) is 4.79 Å². The number of carbonyl (C=O) groups excluding carboxylic acids is 1. The first-order valence-electron chi connectivity index (χ1n) is 9.00. The van der Waals surface area contributed by atoms with E-state index in [0.717, 1.165) is 0 Å². The predicted octanol–water partition coefficient (Wildman–Crippen LogP) is 3.03. The molecular weight excluding hydrogens is 363 g/mol. The molecule has 2 aromatic heterocycles. The molecule has 0 unspecified atom stereocenters. The second-order valence-electron chi connectivity index (χ2n) is 7.58. The van der Waals surface area contributed by atoms with E-state index in [1.807, 2.05) is 20.8 Å². The number of rotatable bonds is 6. The van der Waals surface area contributed by atoms with Crippen molar-refractivity contribution in [1.82, 2.24) is 25.1 Å². The molecule has 1 N–H and O–H groups in total. The quantitative estimate of drug-likeness (QED) is 0.699. The van der Waals surface area contributed by atoms with Gasteiger partial charge in [-0.25, -0.2) is 9.07 Å². The monoisotopic (exact) mass is 386 g/mol. The molecule has 9 heteroatoms. The SMILES string of the molecule is Cc1c(NC(=O)CCc2nc(C(C)(C)C)no2)nnn1Cc1ccccc1F. The Labute approximate surface area is 162 Å². The number of aryl methyl sites for hydroxylation is 1. The molecule has 3 rings (SSSR count). The minimum absolute atomic E-state index is 0.172. The number of nitrogens with one attached hydrogen (secondary N) is 1. The number of hydrogen-bond donors (Lipinski definition) is 1. The average Bonchev–Trinajstić information content (AvgIpc) is 3.24. The van der Waals surface area contributed by atoms with Crippen molar-refractivity contribution in [2.75, 3.05) is 5.32 Å². The fourth-order valence-electron chi connectivity index (χ4n) is 2.49. The summed E-state index contributed by atoms with van der Waals surface area (Å²) < 4.78 is 20.5. The molecule has 0 aliphatic heterocycles. The van der Waals surface area contributed by atoms with Crippen molar-refractivity contribution in [3.63, 3.8) is 0 Å². The van der Waals surface area contributed by atoms with Crippen LogP contribution in [-0.2, 0) is 23.2 Å². The summed E-state index contributed by atoms with van der Waals surface area (Å²) in [4.78, 5) is 16.5. The van der Waals surface area contributed by atoms with Crippen molar-refractivity contribution < 1.29 is 13.7 Å². The lowest BCUT2D eigenvalue weighted by atomic mass is 9.96. The molecule has 3 aromatic rings. The maximum atomic E-state index is 13.8. The molecule has 0 saturated carbocycles. The van der Waals surface area contributed by atoms with Gasteiger partial charge in [-0.05, 0) is 13.0 Å². The van der Waals surface area contributed by atoms with Gasteiger partial charge in [-0.1, -0.05) is 49.3 Å². The van der Waals surface area contributed by atoms with Gasteiger partial charge >= 0.3 is 0 Å². The molecule has 1 amide bonds. The largest absolute Gasteiger partial charge is 0.339 e.